The highest BCUT2D eigenvalue weighted by molar-refractivity contribution is 7.98. The van der Waals surface area contributed by atoms with Crippen LogP contribution in [0.25, 0.3) is 5.69 Å². The molecule has 1 amide bonds. The summed E-state index contributed by atoms with van der Waals surface area (Å²) in [4.78, 5) is 12.8. The minimum Gasteiger partial charge on any atom is -0.348 e. The van der Waals surface area contributed by atoms with Gasteiger partial charge in [-0.25, -0.2) is 4.39 Å². The molecule has 180 valence electrons. The van der Waals surface area contributed by atoms with Crippen LogP contribution >= 0.6 is 11.8 Å². The number of halogens is 4. The Morgan fingerprint density at radius 3 is 2.51 bits per heavy atom. The van der Waals surface area contributed by atoms with E-state index in [1.54, 1.807) is 54.0 Å². The Morgan fingerprint density at radius 2 is 1.74 bits per heavy atom. The lowest BCUT2D eigenvalue weighted by Crippen LogP contribution is -2.24. The van der Waals surface area contributed by atoms with Crippen LogP contribution in [0.15, 0.2) is 78.0 Å². The van der Waals surface area contributed by atoms with Gasteiger partial charge in [-0.15, -0.1) is 10.2 Å². The van der Waals surface area contributed by atoms with Gasteiger partial charge in [-0.2, -0.15) is 13.2 Å². The lowest BCUT2D eigenvalue weighted by atomic mass is 10.1. The van der Waals surface area contributed by atoms with Gasteiger partial charge in [0.05, 0.1) is 11.3 Å². The van der Waals surface area contributed by atoms with Crippen LogP contribution in [0.5, 0.6) is 0 Å². The Kier molecular flexibility index (Phi) is 7.20. The average molecular weight is 501 g/mol. The molecule has 35 heavy (non-hydrogen) atoms. The van der Waals surface area contributed by atoms with Crippen LogP contribution < -0.4 is 5.32 Å². The molecule has 0 spiro atoms. The molecule has 0 atom stereocenters. The predicted molar refractivity (Wildman–Crippen MR) is 125 cm³/mol. The molecule has 0 bridgehead atoms. The van der Waals surface area contributed by atoms with Crippen LogP contribution in [0.3, 0.4) is 0 Å². The maximum atomic E-state index is 14.4. The van der Waals surface area contributed by atoms with Crippen molar-refractivity contribution in [1.82, 2.24) is 20.1 Å². The summed E-state index contributed by atoms with van der Waals surface area (Å²) in [5, 5.41) is 11.3. The molecule has 0 aliphatic carbocycles. The van der Waals surface area contributed by atoms with Crippen molar-refractivity contribution >= 4 is 17.7 Å². The van der Waals surface area contributed by atoms with Crippen LogP contribution in [0.4, 0.5) is 17.6 Å². The molecule has 0 aliphatic heterocycles. The van der Waals surface area contributed by atoms with E-state index in [1.807, 2.05) is 0 Å². The van der Waals surface area contributed by atoms with Gasteiger partial charge in [0.25, 0.3) is 5.91 Å². The van der Waals surface area contributed by atoms with Crippen LogP contribution in [-0.2, 0) is 18.5 Å². The summed E-state index contributed by atoms with van der Waals surface area (Å²) < 4.78 is 54.8. The van der Waals surface area contributed by atoms with Crippen molar-refractivity contribution in [3.05, 3.63) is 107 Å². The van der Waals surface area contributed by atoms with E-state index >= 15 is 0 Å². The molecule has 0 radical (unpaired) electrons. The van der Waals surface area contributed by atoms with Crippen molar-refractivity contribution < 1.29 is 22.4 Å². The molecule has 4 rings (SSSR count). The third-order valence-corrected chi connectivity index (χ3v) is 6.19. The average Bonchev–Trinajstić information content (AvgIpc) is 3.21. The molecular weight excluding hydrogens is 480 g/mol. The highest BCUT2D eigenvalue weighted by Crippen LogP contribution is 2.30. The Morgan fingerprint density at radius 1 is 1.00 bits per heavy atom. The molecule has 1 N–H and O–H groups in total. The van der Waals surface area contributed by atoms with Gasteiger partial charge < -0.3 is 5.32 Å². The number of para-hydroxylation sites is 1. The minimum atomic E-state index is -4.45. The Labute approximate surface area is 203 Å². The number of rotatable bonds is 7. The van der Waals surface area contributed by atoms with Gasteiger partial charge in [0.15, 0.2) is 5.16 Å². The fourth-order valence-corrected chi connectivity index (χ4v) is 4.49. The van der Waals surface area contributed by atoms with Crippen LogP contribution in [0.1, 0.15) is 32.9 Å². The first kappa shape index (κ1) is 24.5. The lowest BCUT2D eigenvalue weighted by molar-refractivity contribution is -0.137. The van der Waals surface area contributed by atoms with Gasteiger partial charge in [-0.1, -0.05) is 54.2 Å². The molecule has 1 heterocycles. The van der Waals surface area contributed by atoms with Gasteiger partial charge >= 0.3 is 6.18 Å². The number of aromatic nitrogens is 3. The Balaban J connectivity index is 1.48. The van der Waals surface area contributed by atoms with E-state index in [2.05, 4.69) is 15.5 Å². The third kappa shape index (κ3) is 5.71. The van der Waals surface area contributed by atoms with E-state index in [0.29, 0.717) is 39.1 Å². The van der Waals surface area contributed by atoms with Crippen molar-refractivity contribution in [3.8, 4) is 5.69 Å². The van der Waals surface area contributed by atoms with Gasteiger partial charge in [0.1, 0.15) is 11.6 Å². The zero-order valence-electron chi connectivity index (χ0n) is 18.5. The number of nitrogens with zero attached hydrogens (tertiary/aromatic N) is 3. The summed E-state index contributed by atoms with van der Waals surface area (Å²) in [5.41, 5.74) is 0.980. The summed E-state index contributed by atoms with van der Waals surface area (Å²) in [7, 11) is 0. The number of hydrogen-bond acceptors (Lipinski definition) is 4. The fourth-order valence-electron chi connectivity index (χ4n) is 3.49. The molecule has 4 aromatic rings. The third-order valence-electron chi connectivity index (χ3n) is 5.21. The highest BCUT2D eigenvalue weighted by Gasteiger charge is 2.30. The van der Waals surface area contributed by atoms with Crippen LogP contribution in [-0.4, -0.2) is 20.7 Å². The fraction of sp³-hybridized carbons (Fsp3) is 0.160. The molecular formula is C25H20F4N4OS. The summed E-state index contributed by atoms with van der Waals surface area (Å²) >= 11 is 1.29. The number of amides is 1. The van der Waals surface area contributed by atoms with Crippen LogP contribution in [0, 0.1) is 12.7 Å². The van der Waals surface area contributed by atoms with E-state index < -0.39 is 23.5 Å². The molecule has 0 saturated carbocycles. The molecule has 0 fully saturated rings. The molecule has 0 saturated heterocycles. The van der Waals surface area contributed by atoms with Gasteiger partial charge in [-0.3, -0.25) is 9.36 Å². The van der Waals surface area contributed by atoms with E-state index in [4.69, 9.17) is 0 Å². The highest BCUT2D eigenvalue weighted by atomic mass is 32.2. The van der Waals surface area contributed by atoms with E-state index in [0.717, 1.165) is 12.1 Å². The predicted octanol–water partition coefficient (Wildman–Crippen LogP) is 5.96. The standard InChI is InChI=1S/C25H20F4N4OS/c1-16-31-32-24(33(16)22-12-5-4-11-21(22)26)35-15-18-8-2-3-10-20(18)23(34)30-14-17-7-6-9-19(13-17)25(27,28)29/h2-13H,14-15H2,1H3,(H,30,34). The zero-order valence-corrected chi connectivity index (χ0v) is 19.3. The number of benzene rings is 3. The molecule has 1 aromatic heterocycles. The quantitative estimate of drug-likeness (QED) is 0.251. The SMILES string of the molecule is Cc1nnc(SCc2ccccc2C(=O)NCc2cccc(C(F)(F)F)c2)n1-c1ccccc1F. The summed E-state index contributed by atoms with van der Waals surface area (Å²) in [6.45, 7) is 1.67. The number of nitrogens with one attached hydrogen (secondary N) is 1. The van der Waals surface area contributed by atoms with Crippen molar-refractivity contribution in [1.29, 1.82) is 0 Å². The van der Waals surface area contributed by atoms with Gasteiger partial charge in [0.2, 0.25) is 0 Å². The molecule has 0 aliphatic rings. The van der Waals surface area contributed by atoms with Gasteiger partial charge in [-0.05, 0) is 48.4 Å². The minimum absolute atomic E-state index is 0.0506. The van der Waals surface area contributed by atoms with Crippen molar-refractivity contribution in [2.45, 2.75) is 30.6 Å². The Hall–Kier alpha value is -3.66. The summed E-state index contributed by atoms with van der Waals surface area (Å²) in [6.07, 6.45) is -4.45. The number of carbonyl (C=O) groups excluding carboxylic acids is 1. The zero-order chi connectivity index (χ0) is 25.0. The second-order valence-electron chi connectivity index (χ2n) is 7.64. The first-order chi connectivity index (χ1) is 16.7. The molecule has 5 nitrogen and oxygen atoms in total. The Bertz CT molecular complexity index is 1350. The second-order valence-corrected chi connectivity index (χ2v) is 8.59. The number of hydrogen-bond donors (Lipinski definition) is 1. The first-order valence-corrected chi connectivity index (χ1v) is 11.5. The maximum Gasteiger partial charge on any atom is 0.416 e. The van der Waals surface area contributed by atoms with Gasteiger partial charge in [0, 0.05) is 17.9 Å². The maximum absolute atomic E-state index is 14.4. The van der Waals surface area contributed by atoms with Crippen LogP contribution in [0.2, 0.25) is 0 Å². The van der Waals surface area contributed by atoms with Crippen molar-refractivity contribution in [2.75, 3.05) is 0 Å². The topological polar surface area (TPSA) is 59.8 Å². The lowest BCUT2D eigenvalue weighted by Gasteiger charge is -2.12. The normalized spacial score (nSPS) is 11.5. The van der Waals surface area contributed by atoms with Crippen molar-refractivity contribution in [2.24, 2.45) is 0 Å². The number of alkyl halides is 3. The molecule has 3 aromatic carbocycles. The number of carbonyl (C=O) groups is 1. The molecule has 10 heteroatoms. The number of aryl methyl sites for hydroxylation is 1. The largest absolute Gasteiger partial charge is 0.416 e. The number of thioether (sulfide) groups is 1. The summed E-state index contributed by atoms with van der Waals surface area (Å²) in [5.74, 6) is 0.0430. The molecule has 0 unspecified atom stereocenters. The van der Waals surface area contributed by atoms with E-state index in [-0.39, 0.29) is 6.54 Å². The second kappa shape index (κ2) is 10.3. The van der Waals surface area contributed by atoms with E-state index in [9.17, 15) is 22.4 Å². The first-order valence-electron chi connectivity index (χ1n) is 10.6. The van der Waals surface area contributed by atoms with E-state index in [1.165, 1.54) is 30.0 Å². The van der Waals surface area contributed by atoms with Crippen molar-refractivity contribution in [3.63, 3.8) is 0 Å². The monoisotopic (exact) mass is 500 g/mol. The summed E-state index contributed by atoms with van der Waals surface area (Å²) in [6, 6.07) is 18.0. The smallest absolute Gasteiger partial charge is 0.348 e.